The Hall–Kier alpha value is -2.74. The van der Waals surface area contributed by atoms with Gasteiger partial charge >= 0.3 is 11.9 Å². The lowest BCUT2D eigenvalue weighted by Gasteiger charge is -2.35. The smallest absolute Gasteiger partial charge is 0.326 e. The summed E-state index contributed by atoms with van der Waals surface area (Å²) in [5.41, 5.74) is 1.13. The van der Waals surface area contributed by atoms with Crippen molar-refractivity contribution in [1.29, 1.82) is 0 Å². The molecule has 1 aromatic rings. The SMILES string of the molecule is CCC1(c2cccc(OC(=O)CCC(=O)C(=O)NC(C(=O)O)C(C)C)c2)CCCCN(C)C1. The number of esters is 1. The van der Waals surface area contributed by atoms with Crippen molar-refractivity contribution in [2.75, 3.05) is 20.1 Å². The summed E-state index contributed by atoms with van der Waals surface area (Å²) in [5.74, 6) is -3.64. The molecule has 182 valence electrons. The standard InChI is InChI=1S/C25H36N2O6/c1-5-25(13-6-7-14-27(4)16-25)18-9-8-10-19(15-18)33-21(29)12-11-20(28)23(30)26-22(17(2)3)24(31)32/h8-10,15,17,22H,5-7,11-14,16H2,1-4H3,(H,26,30)(H,31,32). The van der Waals surface area contributed by atoms with Crippen LogP contribution in [0.25, 0.3) is 0 Å². The number of nitrogens with one attached hydrogen (secondary N) is 1. The number of hydrogen-bond acceptors (Lipinski definition) is 6. The van der Waals surface area contributed by atoms with E-state index < -0.39 is 29.7 Å². The number of likely N-dealkylation sites (tertiary alicyclic amines) is 1. The second-order valence-electron chi connectivity index (χ2n) is 9.29. The van der Waals surface area contributed by atoms with Gasteiger partial charge in [0.25, 0.3) is 5.91 Å². The van der Waals surface area contributed by atoms with Crippen molar-refractivity contribution in [3.8, 4) is 5.75 Å². The molecule has 1 saturated heterocycles. The van der Waals surface area contributed by atoms with Crippen LogP contribution in [0.3, 0.4) is 0 Å². The van der Waals surface area contributed by atoms with E-state index in [-0.39, 0.29) is 24.2 Å². The number of amides is 1. The zero-order valence-electron chi connectivity index (χ0n) is 20.1. The van der Waals surface area contributed by atoms with E-state index in [0.29, 0.717) is 5.75 Å². The highest BCUT2D eigenvalue weighted by Gasteiger charge is 2.33. The molecule has 0 spiro atoms. The van der Waals surface area contributed by atoms with Crippen LogP contribution < -0.4 is 10.1 Å². The van der Waals surface area contributed by atoms with E-state index in [4.69, 9.17) is 9.84 Å². The number of hydrogen-bond donors (Lipinski definition) is 2. The highest BCUT2D eigenvalue weighted by molar-refractivity contribution is 6.36. The highest BCUT2D eigenvalue weighted by Crippen LogP contribution is 2.37. The zero-order valence-corrected chi connectivity index (χ0v) is 20.1. The summed E-state index contributed by atoms with van der Waals surface area (Å²) in [4.78, 5) is 49.9. The fourth-order valence-electron chi connectivity index (χ4n) is 4.38. The van der Waals surface area contributed by atoms with Gasteiger partial charge < -0.3 is 20.1 Å². The number of nitrogens with zero attached hydrogens (tertiary/aromatic N) is 1. The van der Waals surface area contributed by atoms with Crippen molar-refractivity contribution in [1.82, 2.24) is 10.2 Å². The van der Waals surface area contributed by atoms with Crippen LogP contribution in [-0.4, -0.2) is 59.8 Å². The molecule has 0 radical (unpaired) electrons. The van der Waals surface area contributed by atoms with Gasteiger partial charge in [-0.2, -0.15) is 0 Å². The molecular weight excluding hydrogens is 424 g/mol. The minimum atomic E-state index is -1.21. The molecule has 8 heteroatoms. The molecule has 2 rings (SSSR count). The molecule has 0 bridgehead atoms. The molecule has 0 aromatic heterocycles. The first-order valence-electron chi connectivity index (χ1n) is 11.6. The van der Waals surface area contributed by atoms with Crippen LogP contribution in [0.1, 0.15) is 64.9 Å². The molecule has 1 aliphatic rings. The van der Waals surface area contributed by atoms with Gasteiger partial charge in [-0.3, -0.25) is 14.4 Å². The first-order chi connectivity index (χ1) is 15.6. The number of aliphatic carboxylic acids is 1. The topological polar surface area (TPSA) is 113 Å². The van der Waals surface area contributed by atoms with Gasteiger partial charge in [-0.25, -0.2) is 4.79 Å². The summed E-state index contributed by atoms with van der Waals surface area (Å²) in [7, 11) is 2.13. The van der Waals surface area contributed by atoms with Crippen LogP contribution in [0.5, 0.6) is 5.75 Å². The minimum Gasteiger partial charge on any atom is -0.480 e. The number of carbonyl (C=O) groups excluding carboxylic acids is 3. The van der Waals surface area contributed by atoms with Gasteiger partial charge in [0.1, 0.15) is 11.8 Å². The number of carbonyl (C=O) groups is 4. The largest absolute Gasteiger partial charge is 0.480 e. The van der Waals surface area contributed by atoms with Gasteiger partial charge in [-0.05, 0) is 56.5 Å². The van der Waals surface area contributed by atoms with Crippen LogP contribution in [0.2, 0.25) is 0 Å². The normalized spacial score (nSPS) is 20.0. The Kier molecular flexibility index (Phi) is 9.58. The number of rotatable bonds is 10. The Bertz CT molecular complexity index is 868. The van der Waals surface area contributed by atoms with Gasteiger partial charge in [0.15, 0.2) is 0 Å². The van der Waals surface area contributed by atoms with E-state index >= 15 is 0 Å². The third-order valence-corrected chi connectivity index (χ3v) is 6.40. The number of likely N-dealkylation sites (N-methyl/N-ethyl adjacent to an activating group) is 1. The van der Waals surface area contributed by atoms with Crippen molar-refractivity contribution in [3.63, 3.8) is 0 Å². The van der Waals surface area contributed by atoms with Gasteiger partial charge in [0, 0.05) is 18.4 Å². The van der Waals surface area contributed by atoms with Crippen molar-refractivity contribution < 1.29 is 29.0 Å². The number of benzene rings is 1. The summed E-state index contributed by atoms with van der Waals surface area (Å²) in [5, 5.41) is 11.3. The maximum absolute atomic E-state index is 12.3. The monoisotopic (exact) mass is 460 g/mol. The van der Waals surface area contributed by atoms with E-state index in [9.17, 15) is 19.2 Å². The van der Waals surface area contributed by atoms with Crippen molar-refractivity contribution >= 4 is 23.6 Å². The first-order valence-corrected chi connectivity index (χ1v) is 11.6. The Morgan fingerprint density at radius 1 is 1.18 bits per heavy atom. The van der Waals surface area contributed by atoms with E-state index in [2.05, 4.69) is 30.3 Å². The summed E-state index contributed by atoms with van der Waals surface area (Å²) in [6.45, 7) is 7.46. The molecule has 0 aliphatic carbocycles. The van der Waals surface area contributed by atoms with Crippen molar-refractivity contribution in [2.45, 2.75) is 70.8 Å². The first kappa shape index (κ1) is 26.5. The average molecular weight is 461 g/mol. The second kappa shape index (κ2) is 11.9. The number of ether oxygens (including phenoxy) is 1. The summed E-state index contributed by atoms with van der Waals surface area (Å²) in [6.07, 6.45) is 3.75. The summed E-state index contributed by atoms with van der Waals surface area (Å²) >= 11 is 0. The zero-order chi connectivity index (χ0) is 24.6. The Morgan fingerprint density at radius 2 is 1.91 bits per heavy atom. The highest BCUT2D eigenvalue weighted by atomic mass is 16.5. The van der Waals surface area contributed by atoms with Gasteiger partial charge in [-0.15, -0.1) is 0 Å². The lowest BCUT2D eigenvalue weighted by molar-refractivity contribution is -0.146. The third-order valence-electron chi connectivity index (χ3n) is 6.40. The second-order valence-corrected chi connectivity index (χ2v) is 9.29. The quantitative estimate of drug-likeness (QED) is 0.314. The lowest BCUT2D eigenvalue weighted by Crippen LogP contribution is -2.47. The number of carboxylic acid groups (broad SMARTS) is 1. The molecule has 0 saturated carbocycles. The fourth-order valence-corrected chi connectivity index (χ4v) is 4.38. The van der Waals surface area contributed by atoms with Gasteiger partial charge in [0.05, 0.1) is 6.42 Å². The maximum atomic E-state index is 12.3. The molecule has 2 atom stereocenters. The molecule has 1 aromatic carbocycles. The van der Waals surface area contributed by atoms with Crippen molar-refractivity contribution in [2.24, 2.45) is 5.92 Å². The van der Waals surface area contributed by atoms with Crippen LogP contribution >= 0.6 is 0 Å². The van der Waals surface area contributed by atoms with Crippen LogP contribution in [-0.2, 0) is 24.6 Å². The molecule has 33 heavy (non-hydrogen) atoms. The van der Waals surface area contributed by atoms with Crippen LogP contribution in [0.4, 0.5) is 0 Å². The molecule has 1 amide bonds. The molecule has 8 nitrogen and oxygen atoms in total. The Labute approximate surface area is 195 Å². The lowest BCUT2D eigenvalue weighted by atomic mass is 9.74. The molecule has 1 aliphatic heterocycles. The number of carboxylic acids is 1. The molecule has 2 unspecified atom stereocenters. The number of Topliss-reactive ketones (excluding diaryl/α,β-unsaturated/α-hetero) is 1. The molecule has 1 heterocycles. The van der Waals surface area contributed by atoms with E-state index in [1.165, 1.54) is 6.42 Å². The van der Waals surface area contributed by atoms with E-state index in [1.807, 2.05) is 12.1 Å². The third kappa shape index (κ3) is 7.39. The number of ketones is 1. The molecular formula is C25H36N2O6. The Morgan fingerprint density at radius 3 is 2.55 bits per heavy atom. The minimum absolute atomic E-state index is 0.00117. The van der Waals surface area contributed by atoms with Crippen molar-refractivity contribution in [3.05, 3.63) is 29.8 Å². The fraction of sp³-hybridized carbons (Fsp3) is 0.600. The summed E-state index contributed by atoms with van der Waals surface area (Å²) < 4.78 is 5.45. The van der Waals surface area contributed by atoms with Crippen LogP contribution in [0, 0.1) is 5.92 Å². The van der Waals surface area contributed by atoms with E-state index in [0.717, 1.165) is 37.9 Å². The predicted octanol–water partition coefficient (Wildman–Crippen LogP) is 2.93. The van der Waals surface area contributed by atoms with Gasteiger partial charge in [0.2, 0.25) is 5.78 Å². The molecule has 2 N–H and O–H groups in total. The summed E-state index contributed by atoms with van der Waals surface area (Å²) in [6, 6.07) is 6.39. The Balaban J connectivity index is 1.97. The molecule has 1 fully saturated rings. The van der Waals surface area contributed by atoms with Crippen LogP contribution in [0.15, 0.2) is 24.3 Å². The van der Waals surface area contributed by atoms with Gasteiger partial charge in [-0.1, -0.05) is 39.3 Å². The predicted molar refractivity (Wildman–Crippen MR) is 124 cm³/mol. The maximum Gasteiger partial charge on any atom is 0.326 e. The average Bonchev–Trinajstić information content (AvgIpc) is 2.97. The van der Waals surface area contributed by atoms with E-state index in [1.54, 1.807) is 19.9 Å².